The summed E-state index contributed by atoms with van der Waals surface area (Å²) < 4.78 is 2.02. The standard InChI is InChI=1S/C21H24Cl2N4O2/c1-13-10-15(14(2)27(13)17-8-9-18(22)19(23)11-17)12-24-26-21(29)20(28)25-16-6-4-3-5-7-16/h8-12,16H,3-7H2,1-2H3,(H,25,28)(H,26,29)/b24-12-. The molecule has 1 aromatic heterocycles. The van der Waals surface area contributed by atoms with E-state index in [0.29, 0.717) is 10.0 Å². The molecule has 1 fully saturated rings. The van der Waals surface area contributed by atoms with E-state index in [-0.39, 0.29) is 6.04 Å². The summed E-state index contributed by atoms with van der Waals surface area (Å²) in [6, 6.07) is 7.44. The predicted octanol–water partition coefficient (Wildman–Crippen LogP) is 4.30. The van der Waals surface area contributed by atoms with Crippen molar-refractivity contribution in [3.05, 3.63) is 51.3 Å². The van der Waals surface area contributed by atoms with Crippen molar-refractivity contribution >= 4 is 41.2 Å². The van der Waals surface area contributed by atoms with Crippen LogP contribution in [0.3, 0.4) is 0 Å². The van der Waals surface area contributed by atoms with E-state index in [9.17, 15) is 9.59 Å². The number of amides is 2. The van der Waals surface area contributed by atoms with Gasteiger partial charge >= 0.3 is 11.8 Å². The summed E-state index contributed by atoms with van der Waals surface area (Å²) in [5.74, 6) is -1.40. The lowest BCUT2D eigenvalue weighted by atomic mass is 9.95. The van der Waals surface area contributed by atoms with E-state index in [1.54, 1.807) is 12.1 Å². The molecular formula is C21H24Cl2N4O2. The second kappa shape index (κ2) is 9.46. The zero-order valence-corrected chi connectivity index (χ0v) is 18.0. The summed E-state index contributed by atoms with van der Waals surface area (Å²) in [5, 5.41) is 7.69. The van der Waals surface area contributed by atoms with Crippen LogP contribution in [0.15, 0.2) is 29.4 Å². The van der Waals surface area contributed by atoms with E-state index in [2.05, 4.69) is 15.8 Å². The fourth-order valence-electron chi connectivity index (χ4n) is 3.65. The van der Waals surface area contributed by atoms with Crippen LogP contribution in [0.5, 0.6) is 0 Å². The van der Waals surface area contributed by atoms with Gasteiger partial charge in [-0.3, -0.25) is 9.59 Å². The average Bonchev–Trinajstić information content (AvgIpc) is 2.98. The van der Waals surface area contributed by atoms with E-state index in [4.69, 9.17) is 23.2 Å². The van der Waals surface area contributed by atoms with Crippen molar-refractivity contribution in [1.29, 1.82) is 0 Å². The molecule has 0 bridgehead atoms. The van der Waals surface area contributed by atoms with Crippen LogP contribution in [0.4, 0.5) is 0 Å². The number of aromatic nitrogens is 1. The molecule has 8 heteroatoms. The molecule has 3 rings (SSSR count). The molecule has 2 N–H and O–H groups in total. The van der Waals surface area contributed by atoms with Gasteiger partial charge in [0.25, 0.3) is 0 Å². The molecular weight excluding hydrogens is 411 g/mol. The van der Waals surface area contributed by atoms with Gasteiger partial charge in [-0.25, -0.2) is 5.43 Å². The summed E-state index contributed by atoms with van der Waals surface area (Å²) in [4.78, 5) is 24.0. The Labute approximate surface area is 180 Å². The number of carbonyl (C=O) groups excluding carboxylic acids is 2. The number of hydrogen-bond acceptors (Lipinski definition) is 3. The van der Waals surface area contributed by atoms with Gasteiger partial charge in [-0.15, -0.1) is 0 Å². The van der Waals surface area contributed by atoms with Gasteiger partial charge in [0.1, 0.15) is 0 Å². The number of hydrogen-bond donors (Lipinski definition) is 2. The topological polar surface area (TPSA) is 75.5 Å². The van der Waals surface area contributed by atoms with Gasteiger partial charge in [0.05, 0.1) is 16.3 Å². The number of rotatable bonds is 4. The van der Waals surface area contributed by atoms with Crippen molar-refractivity contribution in [1.82, 2.24) is 15.3 Å². The number of halogens is 2. The molecule has 1 aromatic carbocycles. The first-order chi connectivity index (χ1) is 13.9. The number of benzene rings is 1. The lowest BCUT2D eigenvalue weighted by Gasteiger charge is -2.22. The fraction of sp³-hybridized carbons (Fsp3) is 0.381. The molecule has 1 aliphatic rings. The van der Waals surface area contributed by atoms with Crippen LogP contribution in [0.25, 0.3) is 5.69 Å². The third kappa shape index (κ3) is 5.19. The summed E-state index contributed by atoms with van der Waals surface area (Å²) in [5.41, 5.74) is 5.90. The highest BCUT2D eigenvalue weighted by atomic mass is 35.5. The van der Waals surface area contributed by atoms with E-state index >= 15 is 0 Å². The molecule has 0 atom stereocenters. The third-order valence-electron chi connectivity index (χ3n) is 5.15. The summed E-state index contributed by atoms with van der Waals surface area (Å²) in [6.45, 7) is 3.90. The fourth-order valence-corrected chi connectivity index (χ4v) is 3.94. The van der Waals surface area contributed by atoms with Gasteiger partial charge in [-0.2, -0.15) is 5.10 Å². The number of aryl methyl sites for hydroxylation is 1. The van der Waals surface area contributed by atoms with Gasteiger partial charge in [0, 0.05) is 28.7 Å². The first kappa shape index (κ1) is 21.4. The normalized spacial score (nSPS) is 14.9. The van der Waals surface area contributed by atoms with Crippen molar-refractivity contribution < 1.29 is 9.59 Å². The Bertz CT molecular complexity index is 946. The quantitative estimate of drug-likeness (QED) is 0.427. The maximum atomic E-state index is 12.0. The van der Waals surface area contributed by atoms with Crippen LogP contribution in [-0.4, -0.2) is 28.6 Å². The first-order valence-corrected chi connectivity index (χ1v) is 10.4. The Morgan fingerprint density at radius 3 is 2.48 bits per heavy atom. The largest absolute Gasteiger partial charge is 0.345 e. The molecule has 0 unspecified atom stereocenters. The van der Waals surface area contributed by atoms with E-state index in [1.165, 1.54) is 12.6 Å². The first-order valence-electron chi connectivity index (χ1n) is 9.65. The second-order valence-corrected chi connectivity index (χ2v) is 8.08. The summed E-state index contributed by atoms with van der Waals surface area (Å²) in [6.07, 6.45) is 6.72. The summed E-state index contributed by atoms with van der Waals surface area (Å²) >= 11 is 12.1. The van der Waals surface area contributed by atoms with Crippen molar-refractivity contribution in [3.8, 4) is 5.69 Å². The maximum absolute atomic E-state index is 12.0. The van der Waals surface area contributed by atoms with Crippen molar-refractivity contribution in [2.24, 2.45) is 5.10 Å². The highest BCUT2D eigenvalue weighted by Gasteiger charge is 2.20. The van der Waals surface area contributed by atoms with E-state index in [1.807, 2.05) is 30.5 Å². The molecule has 2 aromatic rings. The number of hydrazone groups is 1. The number of nitrogens with zero attached hydrogens (tertiary/aromatic N) is 2. The molecule has 0 radical (unpaired) electrons. The van der Waals surface area contributed by atoms with Crippen molar-refractivity contribution in [2.45, 2.75) is 52.0 Å². The average molecular weight is 435 g/mol. The Hall–Kier alpha value is -2.31. The minimum atomic E-state index is -0.759. The maximum Gasteiger partial charge on any atom is 0.329 e. The molecule has 29 heavy (non-hydrogen) atoms. The zero-order valence-electron chi connectivity index (χ0n) is 16.5. The van der Waals surface area contributed by atoms with E-state index in [0.717, 1.165) is 48.3 Å². The van der Waals surface area contributed by atoms with Gasteiger partial charge in [0.2, 0.25) is 0 Å². The number of carbonyl (C=O) groups is 2. The summed E-state index contributed by atoms with van der Waals surface area (Å²) in [7, 11) is 0. The molecule has 6 nitrogen and oxygen atoms in total. The highest BCUT2D eigenvalue weighted by molar-refractivity contribution is 6.42. The third-order valence-corrected chi connectivity index (χ3v) is 5.89. The van der Waals surface area contributed by atoms with Crippen LogP contribution in [-0.2, 0) is 9.59 Å². The molecule has 1 saturated carbocycles. The van der Waals surface area contributed by atoms with Crippen LogP contribution in [0, 0.1) is 13.8 Å². The van der Waals surface area contributed by atoms with E-state index < -0.39 is 11.8 Å². The predicted molar refractivity (Wildman–Crippen MR) is 116 cm³/mol. The molecule has 2 amide bonds. The molecule has 0 spiro atoms. The van der Waals surface area contributed by atoms with Gasteiger partial charge in [-0.05, 0) is 51.0 Å². The Morgan fingerprint density at radius 2 is 1.79 bits per heavy atom. The molecule has 1 heterocycles. The van der Waals surface area contributed by atoms with Crippen molar-refractivity contribution in [3.63, 3.8) is 0 Å². The highest BCUT2D eigenvalue weighted by Crippen LogP contribution is 2.27. The zero-order chi connectivity index (χ0) is 21.0. The smallest absolute Gasteiger partial charge is 0.329 e. The van der Waals surface area contributed by atoms with Crippen LogP contribution in [0.2, 0.25) is 10.0 Å². The molecule has 154 valence electrons. The minimum Gasteiger partial charge on any atom is -0.345 e. The SMILES string of the molecule is Cc1cc(/C=N\NC(=O)C(=O)NC2CCCCC2)c(C)n1-c1ccc(Cl)c(Cl)c1. The molecule has 0 saturated heterocycles. The van der Waals surface area contributed by atoms with Crippen LogP contribution >= 0.6 is 23.2 Å². The monoisotopic (exact) mass is 434 g/mol. The second-order valence-electron chi connectivity index (χ2n) is 7.27. The van der Waals surface area contributed by atoms with Gasteiger partial charge in [0.15, 0.2) is 0 Å². The molecule has 0 aliphatic heterocycles. The Morgan fingerprint density at radius 1 is 1.07 bits per heavy atom. The van der Waals surface area contributed by atoms with Crippen LogP contribution < -0.4 is 10.7 Å². The van der Waals surface area contributed by atoms with Gasteiger partial charge < -0.3 is 9.88 Å². The number of nitrogens with one attached hydrogen (secondary N) is 2. The van der Waals surface area contributed by atoms with Crippen molar-refractivity contribution in [2.75, 3.05) is 0 Å². The Kier molecular flexibility index (Phi) is 6.98. The lowest BCUT2D eigenvalue weighted by molar-refractivity contribution is -0.139. The Balaban J connectivity index is 1.65. The van der Waals surface area contributed by atoms with Crippen LogP contribution in [0.1, 0.15) is 49.1 Å². The van der Waals surface area contributed by atoms with Gasteiger partial charge in [-0.1, -0.05) is 42.5 Å². The molecule has 1 aliphatic carbocycles. The lowest BCUT2D eigenvalue weighted by Crippen LogP contribution is -2.44. The minimum absolute atomic E-state index is 0.0797.